The molecule has 2 heterocycles. The molecule has 0 bridgehead atoms. The molecule has 8 nitrogen and oxygen atoms in total. The molecule has 28 heavy (non-hydrogen) atoms. The Morgan fingerprint density at radius 2 is 2.04 bits per heavy atom. The van der Waals surface area contributed by atoms with Gasteiger partial charge in [-0.2, -0.15) is 8.75 Å². The van der Waals surface area contributed by atoms with Crippen LogP contribution in [0.5, 0.6) is 0 Å². The number of aromatic nitrogens is 3. The molecule has 6 N–H and O–H groups in total. The maximum absolute atomic E-state index is 14.6. The SMILES string of the molecule is NC(=O)c1cc(F)c(N[C@@H]2CCCC[C@@H]2N)nc1Nc1cccc2nsnc12. The van der Waals surface area contributed by atoms with E-state index in [0.717, 1.165) is 43.5 Å². The lowest BCUT2D eigenvalue weighted by atomic mass is 9.91. The zero-order valence-corrected chi connectivity index (χ0v) is 15.8. The van der Waals surface area contributed by atoms with Gasteiger partial charge < -0.3 is 22.1 Å². The largest absolute Gasteiger partial charge is 0.365 e. The maximum atomic E-state index is 14.6. The molecule has 4 rings (SSSR count). The summed E-state index contributed by atoms with van der Waals surface area (Å²) in [6, 6.07) is 6.36. The predicted molar refractivity (Wildman–Crippen MR) is 107 cm³/mol. The number of rotatable bonds is 5. The van der Waals surface area contributed by atoms with Gasteiger partial charge in [0.25, 0.3) is 5.91 Å². The molecule has 1 amide bonds. The van der Waals surface area contributed by atoms with Crippen LogP contribution in [0, 0.1) is 5.82 Å². The van der Waals surface area contributed by atoms with Crippen molar-refractivity contribution in [2.24, 2.45) is 11.5 Å². The highest BCUT2D eigenvalue weighted by Gasteiger charge is 2.24. The Morgan fingerprint density at radius 1 is 1.21 bits per heavy atom. The van der Waals surface area contributed by atoms with E-state index < -0.39 is 11.7 Å². The molecule has 1 aliphatic carbocycles. The number of benzene rings is 1. The Kier molecular flexibility index (Phi) is 5.05. The summed E-state index contributed by atoms with van der Waals surface area (Å²) < 4.78 is 23.0. The van der Waals surface area contributed by atoms with Crippen molar-refractivity contribution in [3.8, 4) is 0 Å². The lowest BCUT2D eigenvalue weighted by Crippen LogP contribution is -2.43. The van der Waals surface area contributed by atoms with Gasteiger partial charge >= 0.3 is 0 Å². The number of pyridine rings is 1. The summed E-state index contributed by atoms with van der Waals surface area (Å²) in [4.78, 5) is 16.2. The van der Waals surface area contributed by atoms with Gasteiger partial charge in [-0.1, -0.05) is 18.9 Å². The quantitative estimate of drug-likeness (QED) is 0.517. The van der Waals surface area contributed by atoms with E-state index >= 15 is 0 Å². The molecule has 1 aromatic carbocycles. The van der Waals surface area contributed by atoms with Crippen molar-refractivity contribution in [2.75, 3.05) is 10.6 Å². The Balaban J connectivity index is 1.70. The minimum Gasteiger partial charge on any atom is -0.365 e. The van der Waals surface area contributed by atoms with Crippen LogP contribution >= 0.6 is 11.7 Å². The number of carbonyl (C=O) groups excluding carboxylic acids is 1. The molecule has 0 spiro atoms. The first kappa shape index (κ1) is 18.5. The van der Waals surface area contributed by atoms with Gasteiger partial charge in [0.2, 0.25) is 0 Å². The highest BCUT2D eigenvalue weighted by atomic mass is 32.1. The maximum Gasteiger partial charge on any atom is 0.252 e. The van der Waals surface area contributed by atoms with Gasteiger partial charge in [0.1, 0.15) is 16.9 Å². The third-order valence-electron chi connectivity index (χ3n) is 4.92. The number of hydrogen-bond acceptors (Lipinski definition) is 8. The molecular formula is C18H20FN7OS. The Bertz CT molecular complexity index is 1020. The molecule has 1 aliphatic rings. The van der Waals surface area contributed by atoms with Crippen LogP contribution < -0.4 is 22.1 Å². The number of fused-ring (bicyclic) bond motifs is 1. The Labute approximate surface area is 164 Å². The van der Waals surface area contributed by atoms with E-state index in [1.165, 1.54) is 0 Å². The minimum absolute atomic E-state index is 0.0402. The van der Waals surface area contributed by atoms with Gasteiger partial charge in [-0.25, -0.2) is 9.37 Å². The van der Waals surface area contributed by atoms with Crippen LogP contribution in [0.1, 0.15) is 36.0 Å². The summed E-state index contributed by atoms with van der Waals surface area (Å²) in [6.07, 6.45) is 3.81. The van der Waals surface area contributed by atoms with Crippen LogP contribution in [-0.4, -0.2) is 31.7 Å². The average molecular weight is 401 g/mol. The van der Waals surface area contributed by atoms with Crippen LogP contribution in [0.4, 0.5) is 21.7 Å². The van der Waals surface area contributed by atoms with E-state index in [1.807, 2.05) is 6.07 Å². The van der Waals surface area contributed by atoms with Gasteiger partial charge in [-0.05, 0) is 31.0 Å². The number of nitrogens with two attached hydrogens (primary N) is 2. The zero-order valence-electron chi connectivity index (χ0n) is 15.0. The summed E-state index contributed by atoms with van der Waals surface area (Å²) in [7, 11) is 0. The van der Waals surface area contributed by atoms with E-state index in [1.54, 1.807) is 12.1 Å². The fraction of sp³-hybridized carbons (Fsp3) is 0.333. The number of nitrogens with zero attached hydrogens (tertiary/aromatic N) is 3. The standard InChI is InChI=1S/C18H20FN7OS/c19-10-8-9(16(21)27)17(23-13-6-3-7-14-15(13)26-28-25-14)24-18(10)22-12-5-2-1-4-11(12)20/h3,6-8,11-12H,1-2,4-5,20H2,(H2,21,27)(H2,22,23,24)/t11-,12+/m0/s1. The summed E-state index contributed by atoms with van der Waals surface area (Å²) in [5, 5.41) is 6.15. The lowest BCUT2D eigenvalue weighted by Gasteiger charge is -2.30. The molecule has 1 fully saturated rings. The molecule has 1 saturated carbocycles. The molecule has 0 unspecified atom stereocenters. The van der Waals surface area contributed by atoms with Crippen molar-refractivity contribution in [3.63, 3.8) is 0 Å². The van der Waals surface area contributed by atoms with Crippen LogP contribution in [-0.2, 0) is 0 Å². The van der Waals surface area contributed by atoms with Crippen molar-refractivity contribution in [1.29, 1.82) is 0 Å². The minimum atomic E-state index is -0.779. The molecule has 0 aliphatic heterocycles. The Morgan fingerprint density at radius 3 is 2.82 bits per heavy atom. The van der Waals surface area contributed by atoms with E-state index in [-0.39, 0.29) is 29.3 Å². The fourth-order valence-corrected chi connectivity index (χ4v) is 3.97. The van der Waals surface area contributed by atoms with Crippen LogP contribution in [0.2, 0.25) is 0 Å². The molecular weight excluding hydrogens is 381 g/mol. The van der Waals surface area contributed by atoms with Gasteiger partial charge in [0.15, 0.2) is 11.6 Å². The first-order chi connectivity index (χ1) is 13.5. The first-order valence-corrected chi connectivity index (χ1v) is 9.76. The second-order valence-corrected chi connectivity index (χ2v) is 7.37. The summed E-state index contributed by atoms with van der Waals surface area (Å²) in [5.41, 5.74) is 13.5. The number of carbonyl (C=O) groups is 1. The highest BCUT2D eigenvalue weighted by molar-refractivity contribution is 7.00. The number of halogens is 1. The van der Waals surface area contributed by atoms with Crippen molar-refractivity contribution >= 4 is 46.0 Å². The predicted octanol–water partition coefficient (Wildman–Crippen LogP) is 2.75. The smallest absolute Gasteiger partial charge is 0.252 e. The average Bonchev–Trinajstić information content (AvgIpc) is 3.15. The summed E-state index contributed by atoms with van der Waals surface area (Å²) in [5.74, 6) is -1.23. The fourth-order valence-electron chi connectivity index (χ4n) is 3.42. The molecule has 0 saturated heterocycles. The van der Waals surface area contributed by atoms with Crippen LogP contribution in [0.15, 0.2) is 24.3 Å². The van der Waals surface area contributed by atoms with Crippen molar-refractivity contribution in [2.45, 2.75) is 37.8 Å². The normalized spacial score (nSPS) is 19.5. The molecule has 0 radical (unpaired) electrons. The van der Waals surface area contributed by atoms with E-state index in [4.69, 9.17) is 11.5 Å². The lowest BCUT2D eigenvalue weighted by molar-refractivity contribution is 0.100. The van der Waals surface area contributed by atoms with E-state index in [2.05, 4.69) is 24.4 Å². The second-order valence-electron chi connectivity index (χ2n) is 6.84. The molecule has 2 aromatic heterocycles. The second kappa shape index (κ2) is 7.64. The monoisotopic (exact) mass is 401 g/mol. The zero-order chi connectivity index (χ0) is 19.7. The van der Waals surface area contributed by atoms with Crippen LogP contribution in [0.25, 0.3) is 11.0 Å². The van der Waals surface area contributed by atoms with Crippen LogP contribution in [0.3, 0.4) is 0 Å². The Hall–Kier alpha value is -2.85. The first-order valence-electron chi connectivity index (χ1n) is 9.03. The van der Waals surface area contributed by atoms with Gasteiger partial charge in [0.05, 0.1) is 23.0 Å². The number of anilines is 3. The molecule has 146 valence electrons. The van der Waals surface area contributed by atoms with Gasteiger partial charge in [-0.15, -0.1) is 0 Å². The molecule has 3 aromatic rings. The van der Waals surface area contributed by atoms with E-state index in [0.29, 0.717) is 16.7 Å². The van der Waals surface area contributed by atoms with Crippen molar-refractivity contribution in [3.05, 3.63) is 35.6 Å². The molecule has 2 atom stereocenters. The number of primary amides is 1. The topological polar surface area (TPSA) is 132 Å². The third kappa shape index (κ3) is 3.60. The van der Waals surface area contributed by atoms with E-state index in [9.17, 15) is 9.18 Å². The van der Waals surface area contributed by atoms with Gasteiger partial charge in [0, 0.05) is 12.1 Å². The van der Waals surface area contributed by atoms with Gasteiger partial charge in [-0.3, -0.25) is 4.79 Å². The third-order valence-corrected chi connectivity index (χ3v) is 5.46. The summed E-state index contributed by atoms with van der Waals surface area (Å²) >= 11 is 1.08. The van der Waals surface area contributed by atoms with Crippen molar-refractivity contribution < 1.29 is 9.18 Å². The molecule has 10 heteroatoms. The number of amides is 1. The number of hydrogen-bond donors (Lipinski definition) is 4. The highest BCUT2D eigenvalue weighted by Crippen LogP contribution is 2.29. The summed E-state index contributed by atoms with van der Waals surface area (Å²) in [6.45, 7) is 0. The van der Waals surface area contributed by atoms with Crippen molar-refractivity contribution in [1.82, 2.24) is 13.7 Å². The number of nitrogens with one attached hydrogen (secondary N) is 2.